The summed E-state index contributed by atoms with van der Waals surface area (Å²) in [7, 11) is 0. The number of likely N-dealkylation sites (tertiary alicyclic amines) is 1. The highest BCUT2D eigenvalue weighted by Gasteiger charge is 2.30. The zero-order valence-electron chi connectivity index (χ0n) is 16.5. The van der Waals surface area contributed by atoms with Crippen LogP contribution in [0.3, 0.4) is 0 Å². The molecule has 1 heterocycles. The van der Waals surface area contributed by atoms with E-state index in [4.69, 9.17) is 5.73 Å². The van der Waals surface area contributed by atoms with Crippen LogP contribution in [-0.2, 0) is 4.79 Å². The van der Waals surface area contributed by atoms with Crippen LogP contribution in [0, 0.1) is 18.7 Å². The quantitative estimate of drug-likeness (QED) is 0.698. The summed E-state index contributed by atoms with van der Waals surface area (Å²) in [5, 5.41) is 5.73. The van der Waals surface area contributed by atoms with Gasteiger partial charge in [0.05, 0.1) is 0 Å². The van der Waals surface area contributed by atoms with Gasteiger partial charge >= 0.3 is 6.03 Å². The normalized spacial score (nSPS) is 18.1. The van der Waals surface area contributed by atoms with Gasteiger partial charge in [0.2, 0.25) is 5.91 Å². The summed E-state index contributed by atoms with van der Waals surface area (Å²) >= 11 is 0. The lowest BCUT2D eigenvalue weighted by Gasteiger charge is -2.37. The molecule has 3 amide bonds. The number of carbonyl (C=O) groups is 2. The second kappa shape index (κ2) is 9.52. The van der Waals surface area contributed by atoms with E-state index in [1.807, 2.05) is 36.1 Å². The van der Waals surface area contributed by atoms with Crippen LogP contribution in [-0.4, -0.2) is 36.5 Å². The number of urea groups is 1. The van der Waals surface area contributed by atoms with Gasteiger partial charge in [-0.1, -0.05) is 29.8 Å². The number of aryl methyl sites for hydroxylation is 1. The minimum Gasteiger partial charge on any atom is -0.368 e. The number of primary amides is 1. The van der Waals surface area contributed by atoms with Gasteiger partial charge in [-0.3, -0.25) is 9.69 Å². The Morgan fingerprint density at radius 3 is 2.52 bits per heavy atom. The van der Waals surface area contributed by atoms with Crippen LogP contribution in [0.4, 0.5) is 14.9 Å². The van der Waals surface area contributed by atoms with E-state index in [0.29, 0.717) is 18.7 Å². The minimum absolute atomic E-state index is 0.204. The van der Waals surface area contributed by atoms with Gasteiger partial charge in [-0.15, -0.1) is 0 Å². The highest BCUT2D eigenvalue weighted by Crippen LogP contribution is 2.27. The average Bonchev–Trinajstić information content (AvgIpc) is 2.70. The summed E-state index contributed by atoms with van der Waals surface area (Å²) in [4.78, 5) is 26.3. The van der Waals surface area contributed by atoms with Crippen molar-refractivity contribution in [2.24, 2.45) is 11.7 Å². The molecule has 0 spiro atoms. The van der Waals surface area contributed by atoms with Crippen molar-refractivity contribution < 1.29 is 14.0 Å². The molecule has 0 aliphatic carbocycles. The summed E-state index contributed by atoms with van der Waals surface area (Å²) in [5.41, 5.74) is 8.20. The first kappa shape index (κ1) is 20.8. The lowest BCUT2D eigenvalue weighted by Crippen LogP contribution is -2.46. The van der Waals surface area contributed by atoms with Gasteiger partial charge in [-0.05, 0) is 62.1 Å². The van der Waals surface area contributed by atoms with E-state index in [1.165, 1.54) is 12.1 Å². The maximum absolute atomic E-state index is 13.2. The largest absolute Gasteiger partial charge is 0.368 e. The predicted molar refractivity (Wildman–Crippen MR) is 111 cm³/mol. The molecule has 2 aromatic carbocycles. The SMILES string of the molecule is Cc1ccc(NC(=O)NCC2CCCN(C(C(N)=O)c3ccc(F)cc3)C2)cc1. The van der Waals surface area contributed by atoms with Crippen LogP contribution in [0.1, 0.15) is 30.0 Å². The lowest BCUT2D eigenvalue weighted by molar-refractivity contribution is -0.124. The summed E-state index contributed by atoms with van der Waals surface area (Å²) in [5.74, 6) is -0.602. The van der Waals surface area contributed by atoms with Gasteiger partial charge in [-0.2, -0.15) is 0 Å². The molecule has 0 bridgehead atoms. The third-order valence-electron chi connectivity index (χ3n) is 5.23. The Morgan fingerprint density at radius 2 is 1.86 bits per heavy atom. The van der Waals surface area contributed by atoms with Gasteiger partial charge in [-0.25, -0.2) is 9.18 Å². The number of halogens is 1. The van der Waals surface area contributed by atoms with Crippen molar-refractivity contribution in [2.75, 3.05) is 25.0 Å². The first-order valence-corrected chi connectivity index (χ1v) is 9.82. The molecular weight excluding hydrogens is 371 g/mol. The molecule has 2 atom stereocenters. The topological polar surface area (TPSA) is 87.5 Å². The summed E-state index contributed by atoms with van der Waals surface area (Å²) in [6, 6.07) is 12.6. The molecule has 29 heavy (non-hydrogen) atoms. The van der Waals surface area contributed by atoms with E-state index in [-0.39, 0.29) is 17.8 Å². The van der Waals surface area contributed by atoms with Crippen molar-refractivity contribution in [2.45, 2.75) is 25.8 Å². The Hall–Kier alpha value is -2.93. The van der Waals surface area contributed by atoms with Crippen molar-refractivity contribution >= 4 is 17.6 Å². The smallest absolute Gasteiger partial charge is 0.319 e. The van der Waals surface area contributed by atoms with Crippen molar-refractivity contribution in [3.63, 3.8) is 0 Å². The molecule has 2 aromatic rings. The fourth-order valence-electron chi connectivity index (χ4n) is 3.75. The van der Waals surface area contributed by atoms with Crippen LogP contribution in [0.5, 0.6) is 0 Å². The summed E-state index contributed by atoms with van der Waals surface area (Å²) < 4.78 is 13.2. The van der Waals surface area contributed by atoms with E-state index >= 15 is 0 Å². The zero-order valence-corrected chi connectivity index (χ0v) is 16.5. The Bertz CT molecular complexity index is 839. The number of piperidine rings is 1. The second-order valence-corrected chi connectivity index (χ2v) is 7.56. The van der Waals surface area contributed by atoms with Gasteiger partial charge in [0.1, 0.15) is 11.9 Å². The van der Waals surface area contributed by atoms with E-state index in [0.717, 1.165) is 30.6 Å². The fraction of sp³-hybridized carbons (Fsp3) is 0.364. The maximum atomic E-state index is 13.2. The zero-order chi connectivity index (χ0) is 20.8. The lowest BCUT2D eigenvalue weighted by atomic mass is 9.94. The van der Waals surface area contributed by atoms with Crippen LogP contribution in [0.25, 0.3) is 0 Å². The molecular formula is C22H27FN4O2. The molecule has 0 radical (unpaired) electrons. The number of benzene rings is 2. The number of nitrogens with zero attached hydrogens (tertiary/aromatic N) is 1. The third kappa shape index (κ3) is 5.77. The van der Waals surface area contributed by atoms with Gasteiger partial charge in [0.15, 0.2) is 0 Å². The Labute approximate surface area is 170 Å². The van der Waals surface area contributed by atoms with Gasteiger partial charge < -0.3 is 16.4 Å². The molecule has 0 saturated carbocycles. The molecule has 1 aliphatic rings. The summed E-state index contributed by atoms with van der Waals surface area (Å²) in [6.45, 7) is 3.86. The van der Waals surface area contributed by atoms with E-state index in [9.17, 15) is 14.0 Å². The van der Waals surface area contributed by atoms with Crippen molar-refractivity contribution in [3.05, 3.63) is 65.5 Å². The minimum atomic E-state index is -0.597. The highest BCUT2D eigenvalue weighted by atomic mass is 19.1. The van der Waals surface area contributed by atoms with Crippen molar-refractivity contribution in [1.29, 1.82) is 0 Å². The van der Waals surface area contributed by atoms with Gasteiger partial charge in [0, 0.05) is 18.8 Å². The first-order valence-electron chi connectivity index (χ1n) is 9.82. The van der Waals surface area contributed by atoms with Gasteiger partial charge in [0.25, 0.3) is 0 Å². The number of nitrogens with two attached hydrogens (primary N) is 1. The maximum Gasteiger partial charge on any atom is 0.319 e. The fourth-order valence-corrected chi connectivity index (χ4v) is 3.75. The molecule has 4 N–H and O–H groups in total. The van der Waals surface area contributed by atoms with Crippen molar-refractivity contribution in [3.8, 4) is 0 Å². The predicted octanol–water partition coefficient (Wildman–Crippen LogP) is 3.19. The number of amides is 3. The Morgan fingerprint density at radius 1 is 1.17 bits per heavy atom. The average molecular weight is 398 g/mol. The number of hydrogen-bond acceptors (Lipinski definition) is 3. The number of nitrogens with one attached hydrogen (secondary N) is 2. The number of anilines is 1. The Kier molecular flexibility index (Phi) is 6.82. The molecule has 2 unspecified atom stereocenters. The Balaban J connectivity index is 1.56. The van der Waals surface area contributed by atoms with Crippen molar-refractivity contribution in [1.82, 2.24) is 10.2 Å². The molecule has 7 heteroatoms. The molecule has 1 fully saturated rings. The number of rotatable bonds is 6. The number of hydrogen-bond donors (Lipinski definition) is 3. The first-order chi connectivity index (χ1) is 13.9. The molecule has 3 rings (SSSR count). The van der Waals surface area contributed by atoms with E-state index < -0.39 is 11.9 Å². The van der Waals surface area contributed by atoms with Crippen LogP contribution in [0.2, 0.25) is 0 Å². The molecule has 6 nitrogen and oxygen atoms in total. The molecule has 0 aromatic heterocycles. The van der Waals surface area contributed by atoms with Crippen LogP contribution < -0.4 is 16.4 Å². The second-order valence-electron chi connectivity index (χ2n) is 7.56. The third-order valence-corrected chi connectivity index (χ3v) is 5.23. The molecule has 154 valence electrons. The highest BCUT2D eigenvalue weighted by molar-refractivity contribution is 5.89. The van der Waals surface area contributed by atoms with Crippen LogP contribution >= 0.6 is 0 Å². The van der Waals surface area contributed by atoms with E-state index in [2.05, 4.69) is 10.6 Å². The molecule has 1 aliphatic heterocycles. The van der Waals surface area contributed by atoms with Crippen LogP contribution in [0.15, 0.2) is 48.5 Å². The standard InChI is InChI=1S/C22H27FN4O2/c1-15-4-10-19(11-5-15)26-22(29)25-13-16-3-2-12-27(14-16)20(21(24)28)17-6-8-18(23)9-7-17/h4-11,16,20H,2-3,12-14H2,1H3,(H2,24,28)(H2,25,26,29). The summed E-state index contributed by atoms with van der Waals surface area (Å²) in [6.07, 6.45) is 1.85. The van der Waals surface area contributed by atoms with E-state index in [1.54, 1.807) is 12.1 Å². The monoisotopic (exact) mass is 398 g/mol. The molecule has 1 saturated heterocycles. The number of carbonyl (C=O) groups excluding carboxylic acids is 2.